The van der Waals surface area contributed by atoms with Crippen LogP contribution in [0.15, 0.2) is 48.7 Å². The van der Waals surface area contributed by atoms with E-state index in [9.17, 15) is 23.8 Å². The second kappa shape index (κ2) is 7.47. The smallest absolute Gasteiger partial charge is 0.357 e. The summed E-state index contributed by atoms with van der Waals surface area (Å²) in [5.41, 5.74) is -0.979. The van der Waals surface area contributed by atoms with Gasteiger partial charge in [-0.15, -0.1) is 0 Å². The van der Waals surface area contributed by atoms with Gasteiger partial charge in [0.15, 0.2) is 0 Å². The van der Waals surface area contributed by atoms with Crippen LogP contribution in [0.3, 0.4) is 0 Å². The largest absolute Gasteiger partial charge is 0.489 e. The molecule has 4 N–H and O–H groups in total. The minimum Gasteiger partial charge on any atom is -0.489 e. The fraction of sp³-hybridized carbons (Fsp3) is 0.214. The van der Waals surface area contributed by atoms with Crippen molar-refractivity contribution in [1.82, 2.24) is 4.98 Å². The van der Waals surface area contributed by atoms with E-state index in [0.29, 0.717) is 12.4 Å². The molecule has 2 atom stereocenters. The van der Waals surface area contributed by atoms with E-state index < -0.39 is 20.5 Å². The fourth-order valence-electron chi connectivity index (χ4n) is 1.94. The molecule has 2 aromatic rings. The summed E-state index contributed by atoms with van der Waals surface area (Å²) in [7, 11) is -8.94. The topological polar surface area (TPSA) is 129 Å². The molecule has 0 saturated carbocycles. The molecule has 0 aliphatic heterocycles. The van der Waals surface area contributed by atoms with Crippen LogP contribution in [0.1, 0.15) is 5.56 Å². The van der Waals surface area contributed by atoms with E-state index in [1.54, 1.807) is 6.07 Å². The first-order valence-corrected chi connectivity index (χ1v) is 10.8. The van der Waals surface area contributed by atoms with Gasteiger partial charge in [-0.2, -0.15) is 0 Å². The summed E-state index contributed by atoms with van der Waals surface area (Å²) in [6, 6.07) is 12.4. The van der Waals surface area contributed by atoms with E-state index in [4.69, 9.17) is 4.74 Å². The number of hydrogen-bond acceptors (Lipinski definition) is 5. The Hall–Kier alpha value is -1.69. The van der Waals surface area contributed by atoms with Crippen molar-refractivity contribution >= 4 is 20.8 Å². The van der Waals surface area contributed by atoms with Crippen LogP contribution in [0.25, 0.3) is 0 Å². The van der Waals surface area contributed by atoms with Gasteiger partial charge in [0.05, 0.1) is 0 Å². The van der Waals surface area contributed by atoms with Gasteiger partial charge in [-0.05, 0) is 11.6 Å². The molecule has 0 amide bonds. The lowest BCUT2D eigenvalue weighted by atomic mass is 10.2. The lowest BCUT2D eigenvalue weighted by molar-refractivity contribution is 0.306. The van der Waals surface area contributed by atoms with Crippen molar-refractivity contribution in [1.29, 1.82) is 0 Å². The number of hydrogen-bond donors (Lipinski definition) is 4. The summed E-state index contributed by atoms with van der Waals surface area (Å²) < 4.78 is 28.7. The van der Waals surface area contributed by atoms with Gasteiger partial charge in [0.2, 0.25) is 12.9 Å². The molecule has 0 spiro atoms. The number of pyridine rings is 1. The summed E-state index contributed by atoms with van der Waals surface area (Å²) >= 11 is 0. The van der Waals surface area contributed by atoms with Crippen LogP contribution in [0, 0.1) is 0 Å². The van der Waals surface area contributed by atoms with Crippen LogP contribution in [0.2, 0.25) is 0 Å². The lowest BCUT2D eigenvalue weighted by Crippen LogP contribution is -2.20. The Balaban J connectivity index is 2.12. The van der Waals surface area contributed by atoms with E-state index >= 15 is 0 Å². The molecule has 0 bridgehead atoms. The molecule has 2 rings (SSSR count). The van der Waals surface area contributed by atoms with Gasteiger partial charge in [-0.3, -0.25) is 9.13 Å². The van der Waals surface area contributed by atoms with Crippen molar-refractivity contribution in [3.05, 3.63) is 54.2 Å². The van der Waals surface area contributed by atoms with E-state index in [2.05, 4.69) is 10.3 Å². The van der Waals surface area contributed by atoms with Crippen LogP contribution in [0.5, 0.6) is 5.75 Å². The average Bonchev–Trinajstić information content (AvgIpc) is 2.50. The minimum absolute atomic E-state index is 0.0324. The third kappa shape index (κ3) is 5.44. The summed E-state index contributed by atoms with van der Waals surface area (Å²) in [5, 5.41) is 2.33. The fourth-order valence-corrected chi connectivity index (χ4v) is 4.84. The second-order valence-electron chi connectivity index (χ2n) is 5.20. The van der Waals surface area contributed by atoms with Crippen molar-refractivity contribution in [2.75, 3.05) is 12.0 Å². The zero-order chi connectivity index (χ0) is 17.8. The van der Waals surface area contributed by atoms with Gasteiger partial charge in [0, 0.05) is 18.9 Å². The average molecular weight is 372 g/mol. The van der Waals surface area contributed by atoms with E-state index in [1.807, 2.05) is 30.3 Å². The van der Waals surface area contributed by atoms with Crippen LogP contribution >= 0.6 is 15.0 Å². The highest BCUT2D eigenvalue weighted by Gasteiger charge is 2.41. The molecule has 24 heavy (non-hydrogen) atoms. The van der Waals surface area contributed by atoms with E-state index in [-0.39, 0.29) is 5.82 Å². The quantitative estimate of drug-likeness (QED) is 0.546. The van der Waals surface area contributed by atoms with Crippen molar-refractivity contribution in [3.8, 4) is 5.75 Å². The Morgan fingerprint density at radius 2 is 1.83 bits per heavy atom. The number of anilines is 1. The Morgan fingerprint density at radius 1 is 1.17 bits per heavy atom. The molecule has 0 aliphatic rings. The first-order valence-electron chi connectivity index (χ1n) is 6.91. The van der Waals surface area contributed by atoms with Gasteiger partial charge < -0.3 is 24.7 Å². The number of aromatic nitrogens is 1. The summed E-state index contributed by atoms with van der Waals surface area (Å²) in [5.74, 6) is 0.440. The Kier molecular flexibility index (Phi) is 5.80. The highest BCUT2D eigenvalue weighted by molar-refractivity contribution is 7.73. The predicted octanol–water partition coefficient (Wildman–Crippen LogP) is 2.43. The van der Waals surface area contributed by atoms with E-state index in [0.717, 1.165) is 12.2 Å². The molecule has 1 aromatic heterocycles. The number of rotatable bonds is 7. The summed E-state index contributed by atoms with van der Waals surface area (Å²) in [6.07, 6.45) is 1.37. The summed E-state index contributed by atoms with van der Waals surface area (Å²) in [4.78, 5) is 31.9. The molecule has 1 aromatic carbocycles. The minimum atomic E-state index is -4.85. The molecule has 130 valence electrons. The molecule has 10 heteroatoms. The maximum Gasteiger partial charge on any atom is 0.357 e. The SMILES string of the molecule is CP(=O)(O)C(Nc1cc(OCc2ccccc2)ccn1)P(=O)(O)O. The molecule has 2 unspecified atom stereocenters. The van der Waals surface area contributed by atoms with Gasteiger partial charge in [-0.25, -0.2) is 4.98 Å². The standard InChI is InChI=1S/C14H18N2O6P2/c1-23(17,18)14(24(19,20)21)16-13-9-12(7-8-15-13)22-10-11-5-3-2-4-6-11/h2-9,14H,10H2,1H3,(H,15,16)(H,17,18)(H2,19,20,21). The third-order valence-corrected chi connectivity index (χ3v) is 7.02. The van der Waals surface area contributed by atoms with Crippen LogP contribution in [-0.2, 0) is 15.7 Å². The highest BCUT2D eigenvalue weighted by atomic mass is 31.2. The first-order chi connectivity index (χ1) is 11.2. The number of benzene rings is 1. The van der Waals surface area contributed by atoms with Crippen molar-refractivity contribution in [2.45, 2.75) is 12.1 Å². The van der Waals surface area contributed by atoms with E-state index in [1.165, 1.54) is 12.3 Å². The van der Waals surface area contributed by atoms with Gasteiger partial charge in [-0.1, -0.05) is 30.3 Å². The predicted molar refractivity (Wildman–Crippen MR) is 90.2 cm³/mol. The Labute approximate surface area is 139 Å². The molecule has 8 nitrogen and oxygen atoms in total. The third-order valence-electron chi connectivity index (χ3n) is 3.03. The van der Waals surface area contributed by atoms with Gasteiger partial charge >= 0.3 is 7.60 Å². The second-order valence-corrected chi connectivity index (χ2v) is 9.71. The molecule has 0 saturated heterocycles. The summed E-state index contributed by atoms with van der Waals surface area (Å²) in [6.45, 7) is 1.18. The van der Waals surface area contributed by atoms with Crippen molar-refractivity contribution in [2.24, 2.45) is 0 Å². The first kappa shape index (κ1) is 18.6. The zero-order valence-corrected chi connectivity index (χ0v) is 14.6. The lowest BCUT2D eigenvalue weighted by Gasteiger charge is -2.22. The maximum atomic E-state index is 11.7. The van der Waals surface area contributed by atoms with Crippen LogP contribution in [0.4, 0.5) is 5.82 Å². The monoisotopic (exact) mass is 372 g/mol. The molecule has 1 heterocycles. The zero-order valence-electron chi connectivity index (χ0n) is 12.8. The van der Waals surface area contributed by atoms with Crippen LogP contribution in [-0.4, -0.2) is 31.9 Å². The normalized spacial score (nSPS) is 15.3. The van der Waals surface area contributed by atoms with Gasteiger partial charge in [0.1, 0.15) is 18.2 Å². The number of ether oxygens (including phenoxy) is 1. The van der Waals surface area contributed by atoms with Gasteiger partial charge in [0.25, 0.3) is 0 Å². The van der Waals surface area contributed by atoms with Crippen molar-refractivity contribution in [3.63, 3.8) is 0 Å². The highest BCUT2D eigenvalue weighted by Crippen LogP contribution is 2.59. The number of nitrogens with one attached hydrogen (secondary N) is 1. The van der Waals surface area contributed by atoms with Crippen LogP contribution < -0.4 is 10.1 Å². The molecular weight excluding hydrogens is 354 g/mol. The Bertz CT molecular complexity index is 752. The molecule has 0 radical (unpaired) electrons. The molecular formula is C14H18N2O6P2. The Morgan fingerprint density at radius 3 is 2.42 bits per heavy atom. The van der Waals surface area contributed by atoms with Crippen molar-refractivity contribution < 1.29 is 28.5 Å². The molecule has 0 aliphatic carbocycles. The molecule has 0 fully saturated rings. The number of nitrogens with zero attached hydrogens (tertiary/aromatic N) is 1. The maximum absolute atomic E-state index is 11.7.